The molecule has 0 spiro atoms. The molecule has 0 saturated heterocycles. The third-order valence-corrected chi connectivity index (χ3v) is 6.26. The maximum Gasteiger partial charge on any atom is 0.264 e. The fourth-order valence-electron chi connectivity index (χ4n) is 3.25. The van der Waals surface area contributed by atoms with E-state index in [9.17, 15) is 9.59 Å². The Bertz CT molecular complexity index is 1800. The summed E-state index contributed by atoms with van der Waals surface area (Å²) >= 11 is 34.6. The number of aromatic nitrogens is 6. The zero-order valence-corrected chi connectivity index (χ0v) is 28.1. The van der Waals surface area contributed by atoms with Crippen molar-refractivity contribution in [2.45, 2.75) is 7.59 Å². The number of carbonyl (C=O) groups excluding carboxylic acids is 2. The number of hydrogen-bond acceptors (Lipinski definition) is 13. The first-order valence-corrected chi connectivity index (χ1v) is 14.4. The van der Waals surface area contributed by atoms with Gasteiger partial charge in [-0.3, -0.25) is 0 Å². The fraction of sp³-hybridized carbons (Fsp3) is 0.185. The Morgan fingerprint density at radius 3 is 1.74 bits per heavy atom. The van der Waals surface area contributed by atoms with E-state index < -0.39 is 7.59 Å². The highest BCUT2D eigenvalue weighted by Crippen LogP contribution is 2.38. The molecule has 0 aliphatic carbocycles. The molecular formula is C27H18Cl6N8O5. The Morgan fingerprint density at radius 1 is 0.652 bits per heavy atom. The molecule has 2 aromatic heterocycles. The van der Waals surface area contributed by atoms with Crippen LogP contribution in [0.15, 0.2) is 52.4 Å². The molecule has 0 N–H and O–H groups in total. The topological polar surface area (TPSA) is 164 Å². The van der Waals surface area contributed by atoms with Crippen LogP contribution in [0, 0.1) is 0 Å². The van der Waals surface area contributed by atoms with Gasteiger partial charge in [0.1, 0.15) is 5.75 Å². The average molecular weight is 747 g/mol. The van der Waals surface area contributed by atoms with Crippen molar-refractivity contribution >= 4 is 106 Å². The number of alkyl halides is 6. The van der Waals surface area contributed by atoms with Crippen molar-refractivity contribution < 1.29 is 23.8 Å². The van der Waals surface area contributed by atoms with Crippen LogP contribution in [0.5, 0.6) is 17.2 Å². The first kappa shape index (κ1) is 36.6. The van der Waals surface area contributed by atoms with E-state index in [0.29, 0.717) is 17.1 Å². The fourth-order valence-corrected chi connectivity index (χ4v) is 3.75. The zero-order valence-electron chi connectivity index (χ0n) is 23.6. The normalized spacial score (nSPS) is 11.1. The molecule has 46 heavy (non-hydrogen) atoms. The average Bonchev–Trinajstić information content (AvgIpc) is 3.03. The molecule has 2 aromatic carbocycles. The summed E-state index contributed by atoms with van der Waals surface area (Å²) in [6.45, 7) is 0. The molecule has 0 atom stereocenters. The van der Waals surface area contributed by atoms with Crippen LogP contribution in [0.3, 0.4) is 0 Å². The molecular weight excluding hydrogens is 729 g/mol. The maximum absolute atomic E-state index is 10.4. The highest BCUT2D eigenvalue weighted by atomic mass is 35.6. The van der Waals surface area contributed by atoms with E-state index in [4.69, 9.17) is 83.8 Å². The van der Waals surface area contributed by atoms with E-state index in [0.717, 1.165) is 11.3 Å². The van der Waals surface area contributed by atoms with Crippen molar-refractivity contribution in [3.05, 3.63) is 65.5 Å². The van der Waals surface area contributed by atoms with Gasteiger partial charge in [0.25, 0.3) is 11.9 Å². The van der Waals surface area contributed by atoms with Crippen LogP contribution >= 0.6 is 69.6 Å². The summed E-state index contributed by atoms with van der Waals surface area (Å²) in [5.74, 6) is 1.34. The van der Waals surface area contributed by atoms with Crippen LogP contribution in [-0.4, -0.2) is 63.4 Å². The smallest absolute Gasteiger partial charge is 0.264 e. The Balaban J connectivity index is 0.000000250. The predicted molar refractivity (Wildman–Crippen MR) is 174 cm³/mol. The minimum Gasteiger partial charge on any atom is -0.497 e. The van der Waals surface area contributed by atoms with E-state index in [2.05, 4.69) is 39.9 Å². The van der Waals surface area contributed by atoms with Gasteiger partial charge in [0.15, 0.2) is 34.8 Å². The number of benzene rings is 2. The van der Waals surface area contributed by atoms with Crippen LogP contribution in [0.4, 0.5) is 11.9 Å². The quantitative estimate of drug-likeness (QED) is 0.102. The van der Waals surface area contributed by atoms with Gasteiger partial charge in [-0.1, -0.05) is 87.8 Å². The van der Waals surface area contributed by atoms with E-state index in [1.54, 1.807) is 37.5 Å². The Labute approximate surface area is 291 Å². The number of nitrogens with zero attached hydrogens (tertiary/aromatic N) is 8. The largest absolute Gasteiger partial charge is 0.497 e. The lowest BCUT2D eigenvalue weighted by Crippen LogP contribution is -2.09. The highest BCUT2D eigenvalue weighted by Gasteiger charge is 2.29. The molecule has 13 nitrogen and oxygen atoms in total. The maximum atomic E-state index is 10.4. The Morgan fingerprint density at radius 2 is 1.22 bits per heavy atom. The van der Waals surface area contributed by atoms with Crippen LogP contribution in [0.25, 0.3) is 23.5 Å². The van der Waals surface area contributed by atoms with Crippen molar-refractivity contribution in [2.24, 2.45) is 9.98 Å². The summed E-state index contributed by atoms with van der Waals surface area (Å²) in [6, 6.07) is 12.3. The minimum atomic E-state index is -1.90. The van der Waals surface area contributed by atoms with E-state index in [1.165, 1.54) is 26.4 Å². The molecule has 0 radical (unpaired) electrons. The molecule has 0 amide bonds. The number of isocyanates is 2. The van der Waals surface area contributed by atoms with Crippen molar-refractivity contribution in [2.75, 3.05) is 21.3 Å². The lowest BCUT2D eigenvalue weighted by atomic mass is 10.2. The number of rotatable bonds is 8. The molecule has 0 aliphatic rings. The highest BCUT2D eigenvalue weighted by molar-refractivity contribution is 6.67. The molecule has 4 aromatic rings. The SMILES string of the molecule is COc1ccc(-c2nc(N=C=O)nc(C(Cl)(Cl)Cl)n2)cc1OC.COc1ccc(/C=C/c2nc(N=C=O)nc(C(Cl)(Cl)Cl)n2)cc1. The summed E-state index contributed by atoms with van der Waals surface area (Å²) in [7, 11) is 4.59. The van der Waals surface area contributed by atoms with Gasteiger partial charge in [0, 0.05) is 5.56 Å². The molecule has 19 heteroatoms. The number of methoxy groups -OCH3 is 3. The molecule has 0 fully saturated rings. The first-order valence-electron chi connectivity index (χ1n) is 12.2. The van der Waals surface area contributed by atoms with Crippen molar-refractivity contribution in [1.82, 2.24) is 29.9 Å². The monoisotopic (exact) mass is 744 g/mol. The number of aliphatic imine (C=N–C) groups is 2. The second kappa shape index (κ2) is 16.6. The number of halogens is 6. The predicted octanol–water partition coefficient (Wildman–Crippen LogP) is 7.19. The van der Waals surface area contributed by atoms with Crippen LogP contribution in [0.2, 0.25) is 0 Å². The van der Waals surface area contributed by atoms with Crippen molar-refractivity contribution in [3.8, 4) is 28.6 Å². The molecule has 0 aliphatic heterocycles. The van der Waals surface area contributed by atoms with Gasteiger partial charge in [-0.2, -0.15) is 19.9 Å². The van der Waals surface area contributed by atoms with Crippen LogP contribution < -0.4 is 14.2 Å². The third-order valence-electron chi connectivity index (χ3n) is 5.25. The number of hydrogen-bond donors (Lipinski definition) is 0. The van der Waals surface area contributed by atoms with Gasteiger partial charge in [-0.25, -0.2) is 19.6 Å². The summed E-state index contributed by atoms with van der Waals surface area (Å²) in [4.78, 5) is 51.1. The third kappa shape index (κ3) is 10.6. The summed E-state index contributed by atoms with van der Waals surface area (Å²) in [5, 5.41) is 0. The van der Waals surface area contributed by atoms with E-state index >= 15 is 0 Å². The van der Waals surface area contributed by atoms with Gasteiger partial charge in [0.2, 0.25) is 19.7 Å². The molecule has 0 bridgehead atoms. The van der Waals surface area contributed by atoms with Gasteiger partial charge >= 0.3 is 0 Å². The van der Waals surface area contributed by atoms with Gasteiger partial charge in [0.05, 0.1) is 21.3 Å². The van der Waals surface area contributed by atoms with E-state index in [1.807, 2.05) is 24.3 Å². The summed E-state index contributed by atoms with van der Waals surface area (Å²) in [5.41, 5.74) is 1.41. The molecule has 0 saturated carbocycles. The lowest BCUT2D eigenvalue weighted by molar-refractivity contribution is 0.355. The van der Waals surface area contributed by atoms with Crippen molar-refractivity contribution in [1.29, 1.82) is 0 Å². The lowest BCUT2D eigenvalue weighted by Gasteiger charge is -2.12. The van der Waals surface area contributed by atoms with Gasteiger partial charge in [-0.05, 0) is 42.0 Å². The summed E-state index contributed by atoms with van der Waals surface area (Å²) in [6.07, 6.45) is 5.98. The molecule has 4 rings (SSSR count). The van der Waals surface area contributed by atoms with Gasteiger partial charge in [-0.15, -0.1) is 9.98 Å². The molecule has 2 heterocycles. The number of ether oxygens (including phenoxy) is 3. The summed E-state index contributed by atoms with van der Waals surface area (Å²) < 4.78 is 11.7. The zero-order chi connectivity index (χ0) is 33.9. The molecule has 238 valence electrons. The minimum absolute atomic E-state index is 0.138. The van der Waals surface area contributed by atoms with Crippen LogP contribution in [-0.2, 0) is 17.2 Å². The van der Waals surface area contributed by atoms with Crippen molar-refractivity contribution in [3.63, 3.8) is 0 Å². The molecule has 0 unspecified atom stereocenters. The van der Waals surface area contributed by atoms with Gasteiger partial charge < -0.3 is 14.2 Å². The Hall–Kier alpha value is -3.90. The first-order chi connectivity index (χ1) is 21.8. The van der Waals surface area contributed by atoms with Crippen LogP contribution in [0.1, 0.15) is 23.0 Å². The second-order valence-electron chi connectivity index (χ2n) is 8.18. The second-order valence-corrected chi connectivity index (χ2v) is 12.7. The standard InChI is InChI=1S/C14H9Cl3N4O2.C13H9Cl3N4O3/c1-23-10-5-2-9(3-6-10)4-7-11-19-12(14(15,16)17)21-13(20-11)18-8-22;1-22-8-4-3-7(5-9(8)23-2)10-18-11(13(14,15)16)20-12(19-10)17-6-21/h2-7H,1H3;3-5H,1-2H3/b7-4+;. The Kier molecular flexibility index (Phi) is 13.2. The van der Waals surface area contributed by atoms with E-state index in [-0.39, 0.29) is 35.2 Å².